The lowest BCUT2D eigenvalue weighted by Crippen LogP contribution is -2.49. The number of aliphatic carboxylic acids is 1. The minimum Gasteiger partial charge on any atom is -0.497 e. The molecule has 0 spiro atoms. The number of hydrogen-bond donors (Lipinski definition) is 3. The van der Waals surface area contributed by atoms with Gasteiger partial charge in [-0.05, 0) is 74.4 Å². The molecule has 0 aliphatic carbocycles. The van der Waals surface area contributed by atoms with Gasteiger partial charge in [-0.2, -0.15) is 0 Å². The second-order valence-electron chi connectivity index (χ2n) is 15.9. The molecule has 0 bridgehead atoms. The Balaban J connectivity index is 1.55. The van der Waals surface area contributed by atoms with E-state index in [4.69, 9.17) is 4.74 Å². The van der Waals surface area contributed by atoms with Crippen LogP contribution in [-0.2, 0) is 27.3 Å². The third-order valence-corrected chi connectivity index (χ3v) is 12.3. The lowest BCUT2D eigenvalue weighted by Gasteiger charge is -2.39. The number of nitrogens with one attached hydrogen (secondary N) is 1. The van der Waals surface area contributed by atoms with Crippen LogP contribution in [0.1, 0.15) is 112 Å². The average molecular weight is 791 g/mol. The SMILES string of the molecule is CC[C@H](C)[C@H](CC(=O)[C@H]1CCCCN1C)C(=O)N(Cc1ccccc1)[C@H](C[C@@H](O)c1nc(C(=O)N[C@@H](Cc2ccc(OC)cc2)C[C@H](C)C(=O)O)cs1)C(C)C. The molecule has 0 saturated carbocycles. The van der Waals surface area contributed by atoms with Crippen molar-refractivity contribution in [3.8, 4) is 5.75 Å². The molecule has 1 saturated heterocycles. The first-order chi connectivity index (χ1) is 26.7. The summed E-state index contributed by atoms with van der Waals surface area (Å²) in [6.07, 6.45) is 3.56. The number of ether oxygens (including phenoxy) is 1. The molecular weight excluding hydrogens is 729 g/mol. The van der Waals surface area contributed by atoms with Crippen molar-refractivity contribution in [3.05, 3.63) is 81.8 Å². The molecule has 0 radical (unpaired) electrons. The lowest BCUT2D eigenvalue weighted by atomic mass is 9.82. The fraction of sp³-hybridized carbons (Fsp3) is 0.568. The molecule has 7 atom stereocenters. The number of ketones is 1. The Morgan fingerprint density at radius 1 is 1.00 bits per heavy atom. The van der Waals surface area contributed by atoms with E-state index in [-0.39, 0.29) is 54.5 Å². The molecule has 0 unspecified atom stereocenters. The Kier molecular flexibility index (Phi) is 17.0. The van der Waals surface area contributed by atoms with Crippen molar-refractivity contribution in [1.29, 1.82) is 0 Å². The van der Waals surface area contributed by atoms with Crippen molar-refractivity contribution in [2.45, 2.75) is 117 Å². The van der Waals surface area contributed by atoms with Gasteiger partial charge >= 0.3 is 5.97 Å². The number of carboxylic acid groups (broad SMARTS) is 1. The molecule has 56 heavy (non-hydrogen) atoms. The highest BCUT2D eigenvalue weighted by Crippen LogP contribution is 2.33. The fourth-order valence-electron chi connectivity index (χ4n) is 7.66. The first kappa shape index (κ1) is 44.6. The predicted molar refractivity (Wildman–Crippen MR) is 220 cm³/mol. The predicted octanol–water partition coefficient (Wildman–Crippen LogP) is 7.19. The summed E-state index contributed by atoms with van der Waals surface area (Å²) in [5, 5.41) is 26.3. The Morgan fingerprint density at radius 2 is 1.70 bits per heavy atom. The van der Waals surface area contributed by atoms with E-state index < -0.39 is 41.9 Å². The number of methoxy groups -OCH3 is 1. The van der Waals surface area contributed by atoms with E-state index >= 15 is 0 Å². The van der Waals surface area contributed by atoms with Crippen LogP contribution in [-0.4, -0.2) is 87.4 Å². The van der Waals surface area contributed by atoms with Crippen LogP contribution < -0.4 is 10.1 Å². The first-order valence-electron chi connectivity index (χ1n) is 20.1. The van der Waals surface area contributed by atoms with Gasteiger partial charge in [-0.1, -0.05) is 89.9 Å². The quantitative estimate of drug-likeness (QED) is 0.102. The molecule has 3 aromatic rings. The number of thiazole rings is 1. The smallest absolute Gasteiger partial charge is 0.306 e. The van der Waals surface area contributed by atoms with Crippen molar-refractivity contribution in [3.63, 3.8) is 0 Å². The topological polar surface area (TPSA) is 149 Å². The van der Waals surface area contributed by atoms with Gasteiger partial charge in [0, 0.05) is 42.8 Å². The third-order valence-electron chi connectivity index (χ3n) is 11.4. The summed E-state index contributed by atoms with van der Waals surface area (Å²) >= 11 is 1.17. The van der Waals surface area contributed by atoms with Crippen molar-refractivity contribution in [2.75, 3.05) is 20.7 Å². The van der Waals surface area contributed by atoms with Crippen LogP contribution in [0.3, 0.4) is 0 Å². The van der Waals surface area contributed by atoms with Crippen molar-refractivity contribution >= 4 is 34.9 Å². The number of aliphatic hydroxyl groups excluding tert-OH is 1. The fourth-order valence-corrected chi connectivity index (χ4v) is 8.46. The number of carbonyl (C=O) groups excluding carboxylic acids is 3. The molecule has 2 heterocycles. The number of carboxylic acids is 1. The number of aromatic nitrogens is 1. The second-order valence-corrected chi connectivity index (χ2v) is 16.8. The van der Waals surface area contributed by atoms with E-state index in [1.165, 1.54) is 11.3 Å². The van der Waals surface area contributed by atoms with Gasteiger partial charge < -0.3 is 25.2 Å². The summed E-state index contributed by atoms with van der Waals surface area (Å²) in [4.78, 5) is 62.5. The van der Waals surface area contributed by atoms with Crippen molar-refractivity contribution in [2.24, 2.45) is 23.7 Å². The van der Waals surface area contributed by atoms with Gasteiger partial charge in [0.1, 0.15) is 22.6 Å². The standard InChI is InChI=1S/C44H62N4O7S/c1-8-29(4)35(24-39(49)37-16-12-13-21-47(37)6)43(52)48(26-32-14-10-9-11-15-32)38(28(2)3)25-40(50)42-46-36(27-56-42)41(51)45-33(22-30(5)44(53)54)23-31-17-19-34(55-7)20-18-31/h9-11,14-15,17-20,27-30,33,35,37-38,40,50H,8,12-13,16,21-26H2,1-7H3,(H,45,51)(H,53,54)/t29-,30-,33+,35-,37+,38+,40+/m0/s1. The minimum absolute atomic E-state index is 0.0246. The molecule has 12 heteroatoms. The maximum atomic E-state index is 14.9. The van der Waals surface area contributed by atoms with Gasteiger partial charge in [0.15, 0.2) is 5.78 Å². The minimum atomic E-state index is -1.07. The monoisotopic (exact) mass is 790 g/mol. The zero-order valence-electron chi connectivity index (χ0n) is 34.1. The lowest BCUT2D eigenvalue weighted by molar-refractivity contribution is -0.145. The number of likely N-dealkylation sites (tertiary alicyclic amines) is 1. The maximum Gasteiger partial charge on any atom is 0.306 e. The summed E-state index contributed by atoms with van der Waals surface area (Å²) in [5.41, 5.74) is 2.00. The van der Waals surface area contributed by atoms with Gasteiger partial charge in [-0.3, -0.25) is 24.1 Å². The summed E-state index contributed by atoms with van der Waals surface area (Å²) in [7, 11) is 3.58. The van der Waals surface area contributed by atoms with Crippen molar-refractivity contribution in [1.82, 2.24) is 20.1 Å². The van der Waals surface area contributed by atoms with Crippen LogP contribution in [0.15, 0.2) is 60.0 Å². The zero-order valence-corrected chi connectivity index (χ0v) is 35.0. The molecule has 2 amide bonds. The highest BCUT2D eigenvalue weighted by Gasteiger charge is 2.38. The average Bonchev–Trinajstić information content (AvgIpc) is 3.69. The Morgan fingerprint density at radius 3 is 2.30 bits per heavy atom. The molecule has 11 nitrogen and oxygen atoms in total. The summed E-state index contributed by atoms with van der Waals surface area (Å²) in [5.74, 6) is -1.94. The van der Waals surface area contributed by atoms with E-state index in [2.05, 4.69) is 22.1 Å². The van der Waals surface area contributed by atoms with E-state index in [1.807, 2.05) is 87.3 Å². The number of aliphatic hydroxyl groups is 1. The van der Waals surface area contributed by atoms with Crippen molar-refractivity contribution < 1.29 is 34.1 Å². The van der Waals surface area contributed by atoms with E-state index in [0.717, 1.165) is 43.4 Å². The summed E-state index contributed by atoms with van der Waals surface area (Å²) in [6, 6.07) is 16.1. The van der Waals surface area contributed by atoms with E-state index in [1.54, 1.807) is 19.4 Å². The van der Waals surface area contributed by atoms with Gasteiger partial charge in [0.2, 0.25) is 5.91 Å². The van der Waals surface area contributed by atoms with Crippen LogP contribution in [0.25, 0.3) is 0 Å². The van der Waals surface area contributed by atoms with Crippen LogP contribution in [0.4, 0.5) is 0 Å². The number of amides is 2. The Bertz CT molecular complexity index is 1720. The number of rotatable bonds is 21. The number of Topliss-reactive ketones (excluding diaryl/α,β-unsaturated/α-hetero) is 1. The van der Waals surface area contributed by atoms with Gasteiger partial charge in [-0.25, -0.2) is 4.98 Å². The third kappa shape index (κ3) is 12.4. The van der Waals surface area contributed by atoms with Gasteiger partial charge in [0.05, 0.1) is 19.1 Å². The van der Waals surface area contributed by atoms with Crippen LogP contribution in [0, 0.1) is 23.7 Å². The highest BCUT2D eigenvalue weighted by molar-refractivity contribution is 7.09. The number of nitrogens with zero attached hydrogens (tertiary/aromatic N) is 3. The van der Waals surface area contributed by atoms with Crippen LogP contribution in [0.2, 0.25) is 0 Å². The molecule has 2 aromatic carbocycles. The maximum absolute atomic E-state index is 14.9. The highest BCUT2D eigenvalue weighted by atomic mass is 32.1. The Hall–Kier alpha value is -4.13. The molecule has 306 valence electrons. The number of piperidine rings is 1. The first-order valence-corrected chi connectivity index (χ1v) is 21.0. The van der Waals surface area contributed by atoms with E-state index in [9.17, 15) is 29.4 Å². The zero-order chi connectivity index (χ0) is 40.9. The molecule has 1 aromatic heterocycles. The van der Waals surface area contributed by atoms with Crippen LogP contribution in [0.5, 0.6) is 5.75 Å². The normalized spacial score (nSPS) is 18.0. The van der Waals surface area contributed by atoms with E-state index in [0.29, 0.717) is 23.7 Å². The number of likely N-dealkylation sites (N-methyl/N-ethyl adjacent to an activating group) is 1. The molecule has 3 N–H and O–H groups in total. The van der Waals surface area contributed by atoms with Crippen LogP contribution >= 0.6 is 11.3 Å². The summed E-state index contributed by atoms with van der Waals surface area (Å²) < 4.78 is 5.26. The van der Waals surface area contributed by atoms with Gasteiger partial charge in [0.25, 0.3) is 5.91 Å². The number of benzene rings is 2. The number of carbonyl (C=O) groups is 4. The second kappa shape index (κ2) is 21.4. The Labute approximate surface area is 336 Å². The molecule has 1 aliphatic heterocycles. The molecular formula is C44H62N4O7S. The summed E-state index contributed by atoms with van der Waals surface area (Å²) in [6.45, 7) is 11.0. The molecule has 1 fully saturated rings. The molecule has 4 rings (SSSR count). The number of hydrogen-bond acceptors (Lipinski definition) is 9. The largest absolute Gasteiger partial charge is 0.497 e. The molecule has 1 aliphatic rings. The van der Waals surface area contributed by atoms with Gasteiger partial charge in [-0.15, -0.1) is 11.3 Å².